The van der Waals surface area contributed by atoms with Gasteiger partial charge in [0.1, 0.15) is 0 Å². The van der Waals surface area contributed by atoms with E-state index in [2.05, 4.69) is 10.1 Å². The minimum absolute atomic E-state index is 0.0188. The summed E-state index contributed by atoms with van der Waals surface area (Å²) in [6.07, 6.45) is 2.69. The summed E-state index contributed by atoms with van der Waals surface area (Å²) in [5.41, 5.74) is 3.35. The number of rotatable bonds is 7. The molecule has 2 aromatic heterocycles. The monoisotopic (exact) mass is 510 g/mol. The Morgan fingerprint density at radius 3 is 2.40 bits per heavy atom. The average Bonchev–Trinajstić information content (AvgIpc) is 3.28. The van der Waals surface area contributed by atoms with Crippen LogP contribution < -0.4 is 14.2 Å². The lowest BCUT2D eigenvalue weighted by atomic mass is 9.82. The SMILES string of the molecule is COc1cc([C@@H]2CC(=O)c3cn4nc(SCc5ccc(Cl)cc5)nc4nc3C2)cc(OC)c1OC. The second-order valence-corrected chi connectivity index (χ2v) is 9.52. The van der Waals surface area contributed by atoms with Gasteiger partial charge >= 0.3 is 0 Å². The summed E-state index contributed by atoms with van der Waals surface area (Å²) in [4.78, 5) is 22.3. The van der Waals surface area contributed by atoms with Crippen LogP contribution in [0.5, 0.6) is 17.2 Å². The van der Waals surface area contributed by atoms with Gasteiger partial charge in [-0.3, -0.25) is 4.79 Å². The first kappa shape index (κ1) is 23.4. The fourth-order valence-electron chi connectivity index (χ4n) is 4.23. The zero-order valence-electron chi connectivity index (χ0n) is 19.4. The fourth-order valence-corrected chi connectivity index (χ4v) is 5.13. The number of fused-ring (bicyclic) bond motifs is 2. The Morgan fingerprint density at radius 1 is 1.03 bits per heavy atom. The van der Waals surface area contributed by atoms with E-state index in [0.29, 0.717) is 63.1 Å². The van der Waals surface area contributed by atoms with Gasteiger partial charge in [-0.2, -0.15) is 4.98 Å². The van der Waals surface area contributed by atoms with Crippen molar-refractivity contribution in [3.05, 3.63) is 70.0 Å². The molecule has 1 atom stereocenters. The van der Waals surface area contributed by atoms with E-state index in [9.17, 15) is 4.79 Å². The summed E-state index contributed by atoms with van der Waals surface area (Å²) in [6, 6.07) is 11.5. The zero-order valence-corrected chi connectivity index (χ0v) is 21.0. The summed E-state index contributed by atoms with van der Waals surface area (Å²) in [6.45, 7) is 0. The smallest absolute Gasteiger partial charge is 0.253 e. The zero-order chi connectivity index (χ0) is 24.5. The van der Waals surface area contributed by atoms with Crippen LogP contribution in [-0.2, 0) is 12.2 Å². The Hall–Kier alpha value is -3.30. The van der Waals surface area contributed by atoms with Crippen LogP contribution in [0.3, 0.4) is 0 Å². The van der Waals surface area contributed by atoms with E-state index in [1.165, 1.54) is 11.8 Å². The van der Waals surface area contributed by atoms with E-state index in [0.717, 1.165) is 11.1 Å². The minimum Gasteiger partial charge on any atom is -0.493 e. The molecule has 0 aliphatic heterocycles. The molecule has 8 nitrogen and oxygen atoms in total. The molecule has 0 N–H and O–H groups in total. The molecule has 1 aliphatic carbocycles. The molecule has 180 valence electrons. The van der Waals surface area contributed by atoms with E-state index in [1.807, 2.05) is 36.4 Å². The van der Waals surface area contributed by atoms with E-state index in [4.69, 9.17) is 30.8 Å². The lowest BCUT2D eigenvalue weighted by Crippen LogP contribution is -2.21. The number of carbonyl (C=O) groups excluding carboxylic acids is 1. The maximum atomic E-state index is 13.1. The van der Waals surface area contributed by atoms with Gasteiger partial charge in [0.2, 0.25) is 10.9 Å². The molecule has 35 heavy (non-hydrogen) atoms. The molecule has 0 amide bonds. The molecule has 0 radical (unpaired) electrons. The molecule has 2 heterocycles. The predicted octanol–water partition coefficient (Wildman–Crippen LogP) is 5.01. The largest absolute Gasteiger partial charge is 0.493 e. The molecule has 5 rings (SSSR count). The van der Waals surface area contributed by atoms with Crippen LogP contribution in [0.1, 0.15) is 39.5 Å². The minimum atomic E-state index is -0.0691. The van der Waals surface area contributed by atoms with Crippen LogP contribution in [0.15, 0.2) is 47.8 Å². The van der Waals surface area contributed by atoms with Crippen molar-refractivity contribution < 1.29 is 19.0 Å². The van der Waals surface area contributed by atoms with Gasteiger partial charge in [0.25, 0.3) is 5.78 Å². The van der Waals surface area contributed by atoms with Crippen molar-refractivity contribution in [3.8, 4) is 17.2 Å². The number of hydrogen-bond acceptors (Lipinski definition) is 8. The second kappa shape index (κ2) is 9.75. The van der Waals surface area contributed by atoms with Crippen molar-refractivity contribution in [3.63, 3.8) is 0 Å². The van der Waals surface area contributed by atoms with Crippen molar-refractivity contribution in [2.75, 3.05) is 21.3 Å². The molecule has 0 spiro atoms. The molecule has 0 unspecified atom stereocenters. The molecule has 1 aliphatic rings. The first-order valence-corrected chi connectivity index (χ1v) is 12.3. The highest BCUT2D eigenvalue weighted by atomic mass is 35.5. The van der Waals surface area contributed by atoms with Gasteiger partial charge in [0.15, 0.2) is 17.3 Å². The number of methoxy groups -OCH3 is 3. The number of nitrogens with zero attached hydrogens (tertiary/aromatic N) is 4. The second-order valence-electron chi connectivity index (χ2n) is 8.14. The molecule has 10 heteroatoms. The standard InChI is InChI=1S/C25H23ClN4O4S/c1-32-21-10-16(11-22(33-2)23(21)34-3)15-8-19-18(20(31)9-15)12-30-24(27-19)28-25(29-30)35-13-14-4-6-17(26)7-5-14/h4-7,10-12,15H,8-9,13H2,1-3H3/t15-/m0/s1. The number of ketones is 1. The molecular weight excluding hydrogens is 488 g/mol. The van der Waals surface area contributed by atoms with Crippen LogP contribution >= 0.6 is 23.4 Å². The van der Waals surface area contributed by atoms with Gasteiger partial charge in [-0.05, 0) is 47.7 Å². The van der Waals surface area contributed by atoms with Gasteiger partial charge in [-0.15, -0.1) is 5.10 Å². The first-order valence-electron chi connectivity index (χ1n) is 11.0. The Balaban J connectivity index is 1.41. The maximum Gasteiger partial charge on any atom is 0.253 e. The summed E-state index contributed by atoms with van der Waals surface area (Å²) in [7, 11) is 4.72. The van der Waals surface area contributed by atoms with Crippen LogP contribution in [0.2, 0.25) is 5.02 Å². The third kappa shape index (κ3) is 4.66. The lowest BCUT2D eigenvalue weighted by Gasteiger charge is -2.24. The molecule has 0 bridgehead atoms. The highest BCUT2D eigenvalue weighted by Gasteiger charge is 2.30. The maximum absolute atomic E-state index is 13.1. The highest BCUT2D eigenvalue weighted by Crippen LogP contribution is 2.42. The molecule has 0 saturated carbocycles. The van der Waals surface area contributed by atoms with Crippen molar-refractivity contribution in [2.45, 2.75) is 29.7 Å². The fraction of sp³-hybridized carbons (Fsp3) is 0.280. The van der Waals surface area contributed by atoms with Gasteiger partial charge in [-0.25, -0.2) is 9.50 Å². The summed E-state index contributed by atoms with van der Waals surface area (Å²) in [5, 5.41) is 5.81. The summed E-state index contributed by atoms with van der Waals surface area (Å²) in [5.74, 6) is 2.77. The van der Waals surface area contributed by atoms with Gasteiger partial charge in [0.05, 0.1) is 32.6 Å². The molecule has 0 fully saturated rings. The quantitative estimate of drug-likeness (QED) is 0.321. The number of Topliss-reactive ketones (excluding diaryl/α,β-unsaturated/α-hetero) is 1. The van der Waals surface area contributed by atoms with Crippen LogP contribution in [0.25, 0.3) is 5.78 Å². The topological polar surface area (TPSA) is 87.8 Å². The van der Waals surface area contributed by atoms with Gasteiger partial charge < -0.3 is 14.2 Å². The normalized spacial score (nSPS) is 15.2. The number of halogens is 1. The lowest BCUT2D eigenvalue weighted by molar-refractivity contribution is 0.0962. The van der Waals surface area contributed by atoms with Crippen molar-refractivity contribution in [2.24, 2.45) is 0 Å². The van der Waals surface area contributed by atoms with Gasteiger partial charge in [0, 0.05) is 23.4 Å². The van der Waals surface area contributed by atoms with Gasteiger partial charge in [-0.1, -0.05) is 35.5 Å². The predicted molar refractivity (Wildman–Crippen MR) is 133 cm³/mol. The van der Waals surface area contributed by atoms with Crippen molar-refractivity contribution >= 4 is 34.9 Å². The first-order chi connectivity index (χ1) is 17.0. The molecule has 2 aromatic carbocycles. The van der Waals surface area contributed by atoms with Crippen molar-refractivity contribution in [1.82, 2.24) is 19.6 Å². The van der Waals surface area contributed by atoms with Crippen LogP contribution in [-0.4, -0.2) is 46.7 Å². The van der Waals surface area contributed by atoms with Crippen LogP contribution in [0, 0.1) is 0 Å². The Morgan fingerprint density at radius 2 is 1.74 bits per heavy atom. The number of thioether (sulfide) groups is 1. The Labute approximate surface area is 211 Å². The van der Waals surface area contributed by atoms with Crippen molar-refractivity contribution in [1.29, 1.82) is 0 Å². The van der Waals surface area contributed by atoms with E-state index in [1.54, 1.807) is 32.0 Å². The molecule has 4 aromatic rings. The highest BCUT2D eigenvalue weighted by molar-refractivity contribution is 7.98. The summed E-state index contributed by atoms with van der Waals surface area (Å²) >= 11 is 7.47. The third-order valence-electron chi connectivity index (χ3n) is 6.00. The van der Waals surface area contributed by atoms with E-state index >= 15 is 0 Å². The Bertz CT molecular complexity index is 1380. The Kier molecular flexibility index (Phi) is 6.53. The number of aromatic nitrogens is 4. The third-order valence-corrected chi connectivity index (χ3v) is 7.16. The number of hydrogen-bond donors (Lipinski definition) is 0. The number of benzene rings is 2. The number of ether oxygens (including phenoxy) is 3. The molecule has 0 saturated heterocycles. The van der Waals surface area contributed by atoms with Crippen LogP contribution in [0.4, 0.5) is 0 Å². The summed E-state index contributed by atoms with van der Waals surface area (Å²) < 4.78 is 18.0. The van der Waals surface area contributed by atoms with E-state index < -0.39 is 0 Å². The average molecular weight is 511 g/mol. The molecular formula is C25H23ClN4O4S. The van der Waals surface area contributed by atoms with E-state index in [-0.39, 0.29) is 11.7 Å². The number of carbonyl (C=O) groups is 1.